The van der Waals surface area contributed by atoms with Gasteiger partial charge in [-0.2, -0.15) is 4.98 Å². The summed E-state index contributed by atoms with van der Waals surface area (Å²) in [6.45, 7) is 6.66. The van der Waals surface area contributed by atoms with Gasteiger partial charge in [-0.3, -0.25) is 0 Å². The summed E-state index contributed by atoms with van der Waals surface area (Å²) in [7, 11) is 0. The van der Waals surface area contributed by atoms with Crippen molar-refractivity contribution in [2.24, 2.45) is 5.92 Å². The Hall–Kier alpha value is -0.940. The predicted molar refractivity (Wildman–Crippen MR) is 59.0 cm³/mol. The third kappa shape index (κ3) is 2.80. The zero-order valence-electron chi connectivity index (χ0n) is 9.90. The summed E-state index contributed by atoms with van der Waals surface area (Å²) in [4.78, 5) is 4.26. The molecule has 0 saturated carbocycles. The van der Waals surface area contributed by atoms with Gasteiger partial charge in [0.25, 0.3) is 0 Å². The van der Waals surface area contributed by atoms with Crippen LogP contribution in [0.4, 0.5) is 0 Å². The third-order valence-corrected chi connectivity index (χ3v) is 2.94. The van der Waals surface area contributed by atoms with Crippen molar-refractivity contribution in [2.75, 3.05) is 19.8 Å². The molecule has 0 bridgehead atoms. The molecule has 0 aliphatic carbocycles. The maximum atomic E-state index is 5.34. The topological polar surface area (TPSA) is 60.2 Å². The average Bonchev–Trinajstić information content (AvgIpc) is 2.91. The molecule has 2 heterocycles. The van der Waals surface area contributed by atoms with Gasteiger partial charge in [0.1, 0.15) is 0 Å². The van der Waals surface area contributed by atoms with Crippen LogP contribution in [0.15, 0.2) is 4.52 Å². The molecule has 5 heteroatoms. The standard InChI is InChI=1S/C11H19N3O2/c1-3-10(11-13-8(2)16-14-11)12-6-9-4-5-15-7-9/h9-10,12H,3-7H2,1-2H3. The molecule has 90 valence electrons. The van der Waals surface area contributed by atoms with Crippen LogP contribution in [0.3, 0.4) is 0 Å². The van der Waals surface area contributed by atoms with Gasteiger partial charge in [-0.15, -0.1) is 0 Å². The molecule has 0 radical (unpaired) electrons. The SMILES string of the molecule is CCC(NCC1CCOC1)c1noc(C)n1. The van der Waals surface area contributed by atoms with Crippen molar-refractivity contribution in [3.8, 4) is 0 Å². The Kier molecular flexibility index (Phi) is 3.90. The van der Waals surface area contributed by atoms with Crippen LogP contribution in [0.1, 0.15) is 37.5 Å². The summed E-state index contributed by atoms with van der Waals surface area (Å²) < 4.78 is 10.3. The highest BCUT2D eigenvalue weighted by Crippen LogP contribution is 2.16. The predicted octanol–water partition coefficient (Wildman–Crippen LogP) is 1.46. The fourth-order valence-corrected chi connectivity index (χ4v) is 1.93. The van der Waals surface area contributed by atoms with E-state index in [1.807, 2.05) is 6.92 Å². The normalized spacial score (nSPS) is 22.5. The summed E-state index contributed by atoms with van der Waals surface area (Å²) in [5.74, 6) is 2.01. The summed E-state index contributed by atoms with van der Waals surface area (Å²) >= 11 is 0. The minimum Gasteiger partial charge on any atom is -0.381 e. The Bertz CT molecular complexity index is 321. The number of aromatic nitrogens is 2. The van der Waals surface area contributed by atoms with E-state index in [1.165, 1.54) is 0 Å². The van der Waals surface area contributed by atoms with Crippen LogP contribution >= 0.6 is 0 Å². The van der Waals surface area contributed by atoms with Gasteiger partial charge in [0.05, 0.1) is 12.6 Å². The van der Waals surface area contributed by atoms with E-state index in [-0.39, 0.29) is 6.04 Å². The van der Waals surface area contributed by atoms with E-state index in [4.69, 9.17) is 9.26 Å². The smallest absolute Gasteiger partial charge is 0.223 e. The molecule has 0 spiro atoms. The molecule has 2 atom stereocenters. The molecule has 5 nitrogen and oxygen atoms in total. The number of hydrogen-bond acceptors (Lipinski definition) is 5. The van der Waals surface area contributed by atoms with Crippen molar-refractivity contribution in [3.63, 3.8) is 0 Å². The zero-order chi connectivity index (χ0) is 11.4. The summed E-state index contributed by atoms with van der Waals surface area (Å²) in [6, 6.07) is 0.193. The molecule has 1 saturated heterocycles. The Morgan fingerprint density at radius 3 is 3.00 bits per heavy atom. The van der Waals surface area contributed by atoms with Crippen molar-refractivity contribution >= 4 is 0 Å². The first-order chi connectivity index (χ1) is 7.79. The van der Waals surface area contributed by atoms with E-state index in [0.29, 0.717) is 11.8 Å². The number of ether oxygens (including phenoxy) is 1. The fraction of sp³-hybridized carbons (Fsp3) is 0.818. The minimum absolute atomic E-state index is 0.193. The summed E-state index contributed by atoms with van der Waals surface area (Å²) in [5.41, 5.74) is 0. The molecule has 1 N–H and O–H groups in total. The lowest BCUT2D eigenvalue weighted by Crippen LogP contribution is -2.28. The summed E-state index contributed by atoms with van der Waals surface area (Å²) in [6.07, 6.45) is 2.11. The molecule has 0 aromatic carbocycles. The first-order valence-electron chi connectivity index (χ1n) is 5.91. The number of nitrogens with zero attached hydrogens (tertiary/aromatic N) is 2. The minimum atomic E-state index is 0.193. The molecule has 1 aromatic rings. The lowest BCUT2D eigenvalue weighted by Gasteiger charge is -2.15. The summed E-state index contributed by atoms with van der Waals surface area (Å²) in [5, 5.41) is 7.43. The Balaban J connectivity index is 1.85. The van der Waals surface area contributed by atoms with Gasteiger partial charge in [-0.25, -0.2) is 0 Å². The lowest BCUT2D eigenvalue weighted by atomic mass is 10.1. The van der Waals surface area contributed by atoms with Crippen molar-refractivity contribution in [3.05, 3.63) is 11.7 Å². The van der Waals surface area contributed by atoms with Gasteiger partial charge in [0.15, 0.2) is 5.82 Å². The second-order valence-corrected chi connectivity index (χ2v) is 4.27. The maximum absolute atomic E-state index is 5.34. The van der Waals surface area contributed by atoms with Crippen LogP contribution < -0.4 is 5.32 Å². The highest BCUT2D eigenvalue weighted by Gasteiger charge is 2.19. The van der Waals surface area contributed by atoms with Crippen molar-refractivity contribution < 1.29 is 9.26 Å². The van der Waals surface area contributed by atoms with E-state index in [1.54, 1.807) is 0 Å². The van der Waals surface area contributed by atoms with Crippen LogP contribution in [0.5, 0.6) is 0 Å². The van der Waals surface area contributed by atoms with Crippen molar-refractivity contribution in [2.45, 2.75) is 32.7 Å². The van der Waals surface area contributed by atoms with Gasteiger partial charge in [0, 0.05) is 20.1 Å². The number of hydrogen-bond donors (Lipinski definition) is 1. The molecule has 2 rings (SSSR count). The molecule has 2 unspecified atom stereocenters. The van der Waals surface area contributed by atoms with Gasteiger partial charge in [-0.1, -0.05) is 12.1 Å². The first-order valence-corrected chi connectivity index (χ1v) is 5.91. The molecule has 1 fully saturated rings. The second kappa shape index (κ2) is 5.41. The molecule has 16 heavy (non-hydrogen) atoms. The quantitative estimate of drug-likeness (QED) is 0.822. The molecular weight excluding hydrogens is 206 g/mol. The second-order valence-electron chi connectivity index (χ2n) is 4.27. The molecule has 1 aliphatic rings. The Labute approximate surface area is 95.6 Å². The van der Waals surface area contributed by atoms with E-state index in [0.717, 1.165) is 38.4 Å². The van der Waals surface area contributed by atoms with E-state index in [9.17, 15) is 0 Å². The van der Waals surface area contributed by atoms with Gasteiger partial charge < -0.3 is 14.6 Å². The Morgan fingerprint density at radius 1 is 1.56 bits per heavy atom. The number of nitrogens with one attached hydrogen (secondary N) is 1. The van der Waals surface area contributed by atoms with Crippen molar-refractivity contribution in [1.29, 1.82) is 0 Å². The molecule has 1 aliphatic heterocycles. The van der Waals surface area contributed by atoms with Gasteiger partial charge in [-0.05, 0) is 18.8 Å². The van der Waals surface area contributed by atoms with Crippen LogP contribution in [0.2, 0.25) is 0 Å². The molecule has 1 aromatic heterocycles. The van der Waals surface area contributed by atoms with Gasteiger partial charge >= 0.3 is 0 Å². The van der Waals surface area contributed by atoms with Crippen LogP contribution in [-0.4, -0.2) is 29.9 Å². The highest BCUT2D eigenvalue weighted by molar-refractivity contribution is 4.93. The van der Waals surface area contributed by atoms with E-state index in [2.05, 4.69) is 22.4 Å². The van der Waals surface area contributed by atoms with E-state index < -0.39 is 0 Å². The number of aryl methyl sites for hydroxylation is 1. The highest BCUT2D eigenvalue weighted by atomic mass is 16.5. The number of rotatable bonds is 5. The third-order valence-electron chi connectivity index (χ3n) is 2.94. The van der Waals surface area contributed by atoms with Crippen LogP contribution in [0.25, 0.3) is 0 Å². The van der Waals surface area contributed by atoms with E-state index >= 15 is 0 Å². The Morgan fingerprint density at radius 2 is 2.44 bits per heavy atom. The molecule has 0 amide bonds. The monoisotopic (exact) mass is 225 g/mol. The average molecular weight is 225 g/mol. The largest absolute Gasteiger partial charge is 0.381 e. The van der Waals surface area contributed by atoms with Crippen LogP contribution in [-0.2, 0) is 4.74 Å². The molecular formula is C11H19N3O2. The maximum Gasteiger partial charge on any atom is 0.223 e. The fourth-order valence-electron chi connectivity index (χ4n) is 1.93. The van der Waals surface area contributed by atoms with Crippen LogP contribution in [0, 0.1) is 12.8 Å². The lowest BCUT2D eigenvalue weighted by molar-refractivity contribution is 0.184. The zero-order valence-corrected chi connectivity index (χ0v) is 9.90. The first kappa shape index (κ1) is 11.5. The van der Waals surface area contributed by atoms with Gasteiger partial charge in [0.2, 0.25) is 5.89 Å². The van der Waals surface area contributed by atoms with Crippen molar-refractivity contribution in [1.82, 2.24) is 15.5 Å².